The SMILES string of the molecule is CCC(C)(OP(=O)(O)C(C)(O)CC)P(=O)(O)O. The molecule has 0 heterocycles. The third-order valence-electron chi connectivity index (χ3n) is 2.87. The summed E-state index contributed by atoms with van der Waals surface area (Å²) >= 11 is 0. The molecule has 0 aliphatic rings. The molecule has 104 valence electrons. The highest BCUT2D eigenvalue weighted by molar-refractivity contribution is 7.57. The maximum absolute atomic E-state index is 11.8. The summed E-state index contributed by atoms with van der Waals surface area (Å²) < 4.78 is 27.8. The molecular formula is C8H20O7P2. The number of hydrogen-bond donors (Lipinski definition) is 4. The minimum atomic E-state index is -4.73. The van der Waals surface area contributed by atoms with Gasteiger partial charge in [-0.3, -0.25) is 13.7 Å². The second-order valence-electron chi connectivity index (χ2n) is 4.25. The molecule has 0 aromatic heterocycles. The molecule has 0 spiro atoms. The van der Waals surface area contributed by atoms with E-state index in [0.717, 1.165) is 13.8 Å². The summed E-state index contributed by atoms with van der Waals surface area (Å²) in [5, 5.41) is 5.55. The van der Waals surface area contributed by atoms with Gasteiger partial charge in [-0.1, -0.05) is 13.8 Å². The molecule has 0 aliphatic heterocycles. The molecule has 0 amide bonds. The van der Waals surface area contributed by atoms with Crippen molar-refractivity contribution in [2.24, 2.45) is 0 Å². The molecule has 3 atom stereocenters. The van der Waals surface area contributed by atoms with E-state index >= 15 is 0 Å². The van der Waals surface area contributed by atoms with Crippen LogP contribution < -0.4 is 0 Å². The molecule has 0 aromatic carbocycles. The van der Waals surface area contributed by atoms with Gasteiger partial charge in [0.05, 0.1) is 0 Å². The van der Waals surface area contributed by atoms with Crippen molar-refractivity contribution in [3.63, 3.8) is 0 Å². The van der Waals surface area contributed by atoms with Crippen molar-refractivity contribution in [1.29, 1.82) is 0 Å². The Morgan fingerprint density at radius 1 is 1.06 bits per heavy atom. The Morgan fingerprint density at radius 3 is 1.71 bits per heavy atom. The molecule has 0 aromatic rings. The van der Waals surface area contributed by atoms with Crippen molar-refractivity contribution in [1.82, 2.24) is 0 Å². The van der Waals surface area contributed by atoms with Crippen LogP contribution in [0.25, 0.3) is 0 Å². The lowest BCUT2D eigenvalue weighted by molar-refractivity contribution is 0.0521. The fourth-order valence-corrected chi connectivity index (χ4v) is 3.32. The van der Waals surface area contributed by atoms with Gasteiger partial charge in [-0.25, -0.2) is 0 Å². The Hall–Kier alpha value is 0.260. The minimum Gasteiger partial charge on any atom is -0.378 e. The topological polar surface area (TPSA) is 124 Å². The first-order valence-electron chi connectivity index (χ1n) is 5.14. The van der Waals surface area contributed by atoms with E-state index < -0.39 is 25.9 Å². The van der Waals surface area contributed by atoms with E-state index in [1.165, 1.54) is 13.8 Å². The van der Waals surface area contributed by atoms with Crippen molar-refractivity contribution >= 4 is 15.2 Å². The average Bonchev–Trinajstić information content (AvgIpc) is 2.14. The lowest BCUT2D eigenvalue weighted by Crippen LogP contribution is -2.33. The largest absolute Gasteiger partial charge is 0.378 e. The zero-order valence-corrected chi connectivity index (χ0v) is 12.1. The predicted molar refractivity (Wildman–Crippen MR) is 62.6 cm³/mol. The standard InChI is InChI=1S/C8H20O7P2/c1-5-7(3,9)17(13,14)15-8(4,6-2)16(10,11)12/h9H,5-6H2,1-4H3,(H,13,14)(H2,10,11,12). The molecule has 9 heteroatoms. The van der Waals surface area contributed by atoms with E-state index in [0.29, 0.717) is 0 Å². The van der Waals surface area contributed by atoms with Gasteiger partial charge in [0.1, 0.15) is 0 Å². The summed E-state index contributed by atoms with van der Waals surface area (Å²) in [5.74, 6) is 0. The van der Waals surface area contributed by atoms with Crippen LogP contribution in [0.5, 0.6) is 0 Å². The van der Waals surface area contributed by atoms with Crippen molar-refractivity contribution in [3.8, 4) is 0 Å². The molecule has 4 N–H and O–H groups in total. The Balaban J connectivity index is 5.32. The van der Waals surface area contributed by atoms with Gasteiger partial charge in [0, 0.05) is 0 Å². The maximum Gasteiger partial charge on any atom is 0.360 e. The minimum absolute atomic E-state index is 0.0816. The van der Waals surface area contributed by atoms with Gasteiger partial charge in [0.25, 0.3) is 0 Å². The third kappa shape index (κ3) is 3.61. The second-order valence-corrected chi connectivity index (χ2v) is 8.48. The lowest BCUT2D eigenvalue weighted by Gasteiger charge is -2.35. The van der Waals surface area contributed by atoms with Crippen LogP contribution in [-0.2, 0) is 13.7 Å². The van der Waals surface area contributed by atoms with Gasteiger partial charge in [-0.05, 0) is 26.7 Å². The number of hydrogen-bond acceptors (Lipinski definition) is 4. The Labute approximate surface area is 101 Å². The monoisotopic (exact) mass is 290 g/mol. The smallest absolute Gasteiger partial charge is 0.360 e. The zero-order valence-electron chi connectivity index (χ0n) is 10.3. The summed E-state index contributed by atoms with van der Waals surface area (Å²) in [4.78, 5) is 27.8. The van der Waals surface area contributed by atoms with Gasteiger partial charge in [-0.15, -0.1) is 0 Å². The summed E-state index contributed by atoms with van der Waals surface area (Å²) in [5.41, 5.74) is 0. The molecule has 0 aliphatic carbocycles. The highest BCUT2D eigenvalue weighted by atomic mass is 31.2. The molecule has 0 saturated heterocycles. The third-order valence-corrected chi connectivity index (χ3v) is 6.84. The van der Waals surface area contributed by atoms with E-state index in [4.69, 9.17) is 14.3 Å². The lowest BCUT2D eigenvalue weighted by atomic mass is 10.3. The predicted octanol–water partition coefficient (Wildman–Crippen LogP) is 1.61. The van der Waals surface area contributed by atoms with E-state index in [9.17, 15) is 19.1 Å². The normalized spacial score (nSPS) is 23.5. The molecule has 0 rings (SSSR count). The zero-order chi connectivity index (χ0) is 14.1. The molecule has 7 nitrogen and oxygen atoms in total. The van der Waals surface area contributed by atoms with E-state index in [-0.39, 0.29) is 12.8 Å². The van der Waals surface area contributed by atoms with Crippen molar-refractivity contribution in [2.45, 2.75) is 51.2 Å². The van der Waals surface area contributed by atoms with Crippen molar-refractivity contribution in [2.75, 3.05) is 0 Å². The molecular weight excluding hydrogens is 270 g/mol. The fraction of sp³-hybridized carbons (Fsp3) is 1.00. The first-order valence-corrected chi connectivity index (χ1v) is 8.33. The highest BCUT2D eigenvalue weighted by Crippen LogP contribution is 2.65. The van der Waals surface area contributed by atoms with Crippen molar-refractivity contribution in [3.05, 3.63) is 0 Å². The second kappa shape index (κ2) is 5.10. The van der Waals surface area contributed by atoms with Crippen LogP contribution in [0.1, 0.15) is 40.5 Å². The summed E-state index contributed by atoms with van der Waals surface area (Å²) in [6.07, 6.45) is -0.247. The van der Waals surface area contributed by atoms with E-state index in [1.54, 1.807) is 0 Å². The number of rotatable bonds is 6. The van der Waals surface area contributed by atoms with Crippen LogP contribution in [0.2, 0.25) is 0 Å². The highest BCUT2D eigenvalue weighted by Gasteiger charge is 2.52. The van der Waals surface area contributed by atoms with Gasteiger partial charge in [0.2, 0.25) is 0 Å². The van der Waals surface area contributed by atoms with Gasteiger partial charge < -0.3 is 19.8 Å². The van der Waals surface area contributed by atoms with Crippen LogP contribution in [0.4, 0.5) is 0 Å². The van der Waals surface area contributed by atoms with Crippen LogP contribution in [-0.4, -0.2) is 30.5 Å². The maximum atomic E-state index is 11.8. The Kier molecular flexibility index (Phi) is 5.17. The Morgan fingerprint density at radius 2 is 1.47 bits per heavy atom. The first-order chi connectivity index (χ1) is 7.33. The van der Waals surface area contributed by atoms with Crippen LogP contribution in [0, 0.1) is 0 Å². The molecule has 0 saturated carbocycles. The summed E-state index contributed by atoms with van der Waals surface area (Å²) in [6.45, 7) is 5.01. The average molecular weight is 290 g/mol. The fourth-order valence-electron chi connectivity index (χ4n) is 0.888. The summed E-state index contributed by atoms with van der Waals surface area (Å²) in [6, 6.07) is 0. The van der Waals surface area contributed by atoms with Crippen LogP contribution >= 0.6 is 15.2 Å². The quantitative estimate of drug-likeness (QED) is 0.548. The molecule has 0 bridgehead atoms. The van der Waals surface area contributed by atoms with Crippen molar-refractivity contribution < 1.29 is 33.4 Å². The Bertz CT molecular complexity index is 361. The molecule has 3 unspecified atom stereocenters. The van der Waals surface area contributed by atoms with Gasteiger partial charge >= 0.3 is 15.2 Å². The van der Waals surface area contributed by atoms with Gasteiger partial charge in [0.15, 0.2) is 10.7 Å². The van der Waals surface area contributed by atoms with E-state index in [1.807, 2.05) is 0 Å². The number of aliphatic hydroxyl groups is 1. The molecule has 0 fully saturated rings. The summed E-state index contributed by atoms with van der Waals surface area (Å²) in [7, 11) is -9.30. The first kappa shape index (κ1) is 17.3. The van der Waals surface area contributed by atoms with Crippen LogP contribution in [0.15, 0.2) is 0 Å². The van der Waals surface area contributed by atoms with Crippen LogP contribution in [0.3, 0.4) is 0 Å². The van der Waals surface area contributed by atoms with E-state index in [2.05, 4.69) is 0 Å². The van der Waals surface area contributed by atoms with Gasteiger partial charge in [-0.2, -0.15) is 0 Å². The molecule has 0 radical (unpaired) electrons. The molecule has 17 heavy (non-hydrogen) atoms.